The fourth-order valence-corrected chi connectivity index (χ4v) is 4.28. The van der Waals surface area contributed by atoms with E-state index in [2.05, 4.69) is 27.1 Å². The number of hydrogen-bond acceptors (Lipinski definition) is 6. The molecule has 1 fully saturated rings. The molecule has 174 valence electrons. The number of rotatable bonds is 7. The van der Waals surface area contributed by atoms with Gasteiger partial charge >= 0.3 is 0 Å². The van der Waals surface area contributed by atoms with Crippen LogP contribution in [-0.2, 0) is 11.3 Å². The Morgan fingerprint density at radius 1 is 1.03 bits per heavy atom. The van der Waals surface area contributed by atoms with E-state index in [1.807, 2.05) is 31.3 Å². The molecule has 2 aromatic rings. The Labute approximate surface area is 194 Å². The molecule has 2 aliphatic heterocycles. The molecule has 0 bridgehead atoms. The quantitative estimate of drug-likeness (QED) is 0.653. The smallest absolute Gasteiger partial charge is 0.261 e. The SMILES string of the molecule is Cc1ccc2c(c1)C(=O)N(CCCC(=O)NCc1ccc(N3CCCN(C)CC3)nc1)C2=O. The number of nitrogens with zero attached hydrogens (tertiary/aromatic N) is 4. The molecule has 1 N–H and O–H groups in total. The molecule has 0 saturated carbocycles. The number of carbonyl (C=O) groups is 3. The molecule has 2 aliphatic rings. The molecular weight excluding hydrogens is 418 g/mol. The van der Waals surface area contributed by atoms with Crippen molar-refractivity contribution >= 4 is 23.5 Å². The predicted octanol–water partition coefficient (Wildman–Crippen LogP) is 2.22. The van der Waals surface area contributed by atoms with E-state index in [-0.39, 0.29) is 30.7 Å². The van der Waals surface area contributed by atoms with Crippen LogP contribution >= 0.6 is 0 Å². The van der Waals surface area contributed by atoms with Crippen molar-refractivity contribution in [2.45, 2.75) is 32.7 Å². The molecule has 0 atom stereocenters. The number of anilines is 1. The molecule has 33 heavy (non-hydrogen) atoms. The molecule has 4 rings (SSSR count). The number of aryl methyl sites for hydroxylation is 1. The Kier molecular flexibility index (Phi) is 7.03. The van der Waals surface area contributed by atoms with Gasteiger partial charge in [0.05, 0.1) is 11.1 Å². The molecule has 8 nitrogen and oxygen atoms in total. The van der Waals surface area contributed by atoms with E-state index in [0.717, 1.165) is 49.5 Å². The van der Waals surface area contributed by atoms with Gasteiger partial charge in [0.1, 0.15) is 5.82 Å². The van der Waals surface area contributed by atoms with Crippen LogP contribution in [0.3, 0.4) is 0 Å². The molecule has 0 radical (unpaired) electrons. The molecule has 0 unspecified atom stereocenters. The lowest BCUT2D eigenvalue weighted by atomic mass is 10.1. The molecule has 1 aromatic carbocycles. The molecule has 3 amide bonds. The summed E-state index contributed by atoms with van der Waals surface area (Å²) < 4.78 is 0. The molecule has 8 heteroatoms. The average Bonchev–Trinajstić information content (AvgIpc) is 2.95. The first kappa shape index (κ1) is 22.9. The van der Waals surface area contributed by atoms with Crippen LogP contribution in [-0.4, -0.2) is 72.3 Å². The lowest BCUT2D eigenvalue weighted by Gasteiger charge is -2.21. The first-order valence-corrected chi connectivity index (χ1v) is 11.5. The fourth-order valence-electron chi connectivity index (χ4n) is 4.28. The van der Waals surface area contributed by atoms with Crippen molar-refractivity contribution in [3.05, 3.63) is 58.8 Å². The number of benzene rings is 1. The normalized spacial score (nSPS) is 16.7. The summed E-state index contributed by atoms with van der Waals surface area (Å²) in [5.74, 6) is 0.303. The van der Waals surface area contributed by atoms with Gasteiger partial charge in [-0.1, -0.05) is 17.7 Å². The molecule has 1 aromatic heterocycles. The van der Waals surface area contributed by atoms with Crippen molar-refractivity contribution in [3.8, 4) is 0 Å². The van der Waals surface area contributed by atoms with Gasteiger partial charge in [0.25, 0.3) is 11.8 Å². The summed E-state index contributed by atoms with van der Waals surface area (Å²) in [5.41, 5.74) is 2.78. The second-order valence-electron chi connectivity index (χ2n) is 8.86. The number of likely N-dealkylation sites (N-methyl/N-ethyl adjacent to an activating group) is 1. The maximum absolute atomic E-state index is 12.5. The maximum atomic E-state index is 12.5. The zero-order valence-corrected chi connectivity index (χ0v) is 19.3. The van der Waals surface area contributed by atoms with Gasteiger partial charge in [0.15, 0.2) is 0 Å². The third kappa shape index (κ3) is 5.39. The highest BCUT2D eigenvalue weighted by molar-refractivity contribution is 6.21. The summed E-state index contributed by atoms with van der Waals surface area (Å²) in [6, 6.07) is 9.28. The molecule has 3 heterocycles. The van der Waals surface area contributed by atoms with Crippen molar-refractivity contribution in [3.63, 3.8) is 0 Å². The monoisotopic (exact) mass is 449 g/mol. The topological polar surface area (TPSA) is 85.8 Å². The van der Waals surface area contributed by atoms with Crippen LogP contribution in [0.2, 0.25) is 0 Å². The van der Waals surface area contributed by atoms with Crippen LogP contribution in [0.4, 0.5) is 5.82 Å². The van der Waals surface area contributed by atoms with Crippen molar-refractivity contribution in [1.82, 2.24) is 20.1 Å². The molecule has 1 saturated heterocycles. The lowest BCUT2D eigenvalue weighted by Crippen LogP contribution is -2.32. The maximum Gasteiger partial charge on any atom is 0.261 e. The first-order chi connectivity index (χ1) is 15.9. The summed E-state index contributed by atoms with van der Waals surface area (Å²) in [6.07, 6.45) is 3.61. The Bertz CT molecular complexity index is 1040. The fraction of sp³-hybridized carbons (Fsp3) is 0.440. The highest BCUT2D eigenvalue weighted by Crippen LogP contribution is 2.24. The van der Waals surface area contributed by atoms with Gasteiger partial charge in [-0.3, -0.25) is 19.3 Å². The Balaban J connectivity index is 1.21. The number of aromatic nitrogens is 1. The van der Waals surface area contributed by atoms with E-state index in [1.165, 1.54) is 4.90 Å². The predicted molar refractivity (Wildman–Crippen MR) is 126 cm³/mol. The van der Waals surface area contributed by atoms with E-state index >= 15 is 0 Å². The van der Waals surface area contributed by atoms with Gasteiger partial charge in [-0.15, -0.1) is 0 Å². The second-order valence-corrected chi connectivity index (χ2v) is 8.86. The van der Waals surface area contributed by atoms with Crippen molar-refractivity contribution in [1.29, 1.82) is 0 Å². The highest BCUT2D eigenvalue weighted by atomic mass is 16.2. The number of hydrogen-bond donors (Lipinski definition) is 1. The van der Waals surface area contributed by atoms with Crippen LogP contribution < -0.4 is 10.2 Å². The lowest BCUT2D eigenvalue weighted by molar-refractivity contribution is -0.121. The highest BCUT2D eigenvalue weighted by Gasteiger charge is 2.34. The van der Waals surface area contributed by atoms with E-state index in [9.17, 15) is 14.4 Å². The van der Waals surface area contributed by atoms with Crippen LogP contribution in [0.25, 0.3) is 0 Å². The molecule has 0 aliphatic carbocycles. The Morgan fingerprint density at radius 2 is 1.85 bits per heavy atom. The van der Waals surface area contributed by atoms with E-state index in [0.29, 0.717) is 24.1 Å². The first-order valence-electron chi connectivity index (χ1n) is 11.5. The Hall–Kier alpha value is -3.26. The third-order valence-electron chi connectivity index (χ3n) is 6.25. The summed E-state index contributed by atoms with van der Waals surface area (Å²) in [4.78, 5) is 47.7. The minimum atomic E-state index is -0.280. The van der Waals surface area contributed by atoms with E-state index in [1.54, 1.807) is 12.1 Å². The van der Waals surface area contributed by atoms with Gasteiger partial charge in [-0.05, 0) is 57.1 Å². The summed E-state index contributed by atoms with van der Waals surface area (Å²) in [5, 5.41) is 2.90. The van der Waals surface area contributed by atoms with E-state index < -0.39 is 0 Å². The van der Waals surface area contributed by atoms with Gasteiger partial charge in [0, 0.05) is 45.3 Å². The number of amides is 3. The van der Waals surface area contributed by atoms with E-state index in [4.69, 9.17) is 0 Å². The van der Waals surface area contributed by atoms with Gasteiger partial charge in [-0.25, -0.2) is 4.98 Å². The zero-order valence-electron chi connectivity index (χ0n) is 19.3. The van der Waals surface area contributed by atoms with Crippen molar-refractivity contribution in [2.24, 2.45) is 0 Å². The van der Waals surface area contributed by atoms with Crippen LogP contribution in [0.1, 0.15) is 51.1 Å². The largest absolute Gasteiger partial charge is 0.355 e. The van der Waals surface area contributed by atoms with Crippen molar-refractivity contribution < 1.29 is 14.4 Å². The molecule has 0 spiro atoms. The van der Waals surface area contributed by atoms with Crippen molar-refractivity contribution in [2.75, 3.05) is 44.7 Å². The summed E-state index contributed by atoms with van der Waals surface area (Å²) in [7, 11) is 2.14. The van der Waals surface area contributed by atoms with Crippen LogP contribution in [0.15, 0.2) is 36.5 Å². The minimum Gasteiger partial charge on any atom is -0.355 e. The Morgan fingerprint density at radius 3 is 2.64 bits per heavy atom. The van der Waals surface area contributed by atoms with Crippen LogP contribution in [0, 0.1) is 6.92 Å². The van der Waals surface area contributed by atoms with Gasteiger partial charge in [0.2, 0.25) is 5.91 Å². The average molecular weight is 450 g/mol. The number of fused-ring (bicyclic) bond motifs is 1. The summed E-state index contributed by atoms with van der Waals surface area (Å²) >= 11 is 0. The number of pyridine rings is 1. The van der Waals surface area contributed by atoms with Gasteiger partial charge < -0.3 is 15.1 Å². The van der Waals surface area contributed by atoms with Gasteiger partial charge in [-0.2, -0.15) is 0 Å². The van der Waals surface area contributed by atoms with Crippen LogP contribution in [0.5, 0.6) is 0 Å². The standard InChI is InChI=1S/C25H31N5O3/c1-18-6-8-20-21(15-18)25(33)30(24(20)32)12-3-5-23(31)27-17-19-7-9-22(26-16-19)29-11-4-10-28(2)13-14-29/h6-9,15-16H,3-5,10-14,17H2,1-2H3,(H,27,31). The number of nitrogens with one attached hydrogen (secondary N) is 1. The third-order valence-corrected chi connectivity index (χ3v) is 6.25. The summed E-state index contributed by atoms with van der Waals surface area (Å²) in [6.45, 7) is 6.63. The molecular formula is C25H31N5O3. The number of imide groups is 1. The number of carbonyl (C=O) groups excluding carboxylic acids is 3. The minimum absolute atomic E-state index is 0.109. The second kappa shape index (κ2) is 10.1. The zero-order chi connectivity index (χ0) is 23.4.